The minimum Gasteiger partial charge on any atom is -0.497 e. The predicted molar refractivity (Wildman–Crippen MR) is 73.6 cm³/mol. The van der Waals surface area contributed by atoms with Gasteiger partial charge in [-0.15, -0.1) is 0 Å². The van der Waals surface area contributed by atoms with Gasteiger partial charge in [0.15, 0.2) is 0 Å². The van der Waals surface area contributed by atoms with Crippen LogP contribution in [0.2, 0.25) is 0 Å². The molecule has 4 nitrogen and oxygen atoms in total. The molecule has 0 bridgehead atoms. The van der Waals surface area contributed by atoms with Gasteiger partial charge >= 0.3 is 0 Å². The maximum absolute atomic E-state index is 11.1. The molecule has 1 aromatic rings. The van der Waals surface area contributed by atoms with Crippen LogP contribution in [-0.4, -0.2) is 33.1 Å². The third kappa shape index (κ3) is 5.51. The average molecular weight is 271 g/mol. The van der Waals surface area contributed by atoms with Crippen LogP contribution in [0.3, 0.4) is 0 Å². The van der Waals surface area contributed by atoms with Gasteiger partial charge in [-0.3, -0.25) is 0 Å². The summed E-state index contributed by atoms with van der Waals surface area (Å²) in [6, 6.07) is 7.65. The van der Waals surface area contributed by atoms with Gasteiger partial charge in [-0.05, 0) is 37.5 Å². The molecule has 1 atom stereocenters. The highest BCUT2D eigenvalue weighted by Crippen LogP contribution is 2.18. The second-order valence-corrected chi connectivity index (χ2v) is 7.32. The van der Waals surface area contributed by atoms with E-state index in [0.29, 0.717) is 12.8 Å². The molecule has 0 saturated carbocycles. The van der Waals surface area contributed by atoms with Gasteiger partial charge in [0, 0.05) is 11.8 Å². The maximum atomic E-state index is 11.1. The van der Waals surface area contributed by atoms with Gasteiger partial charge in [-0.2, -0.15) is 0 Å². The quantitative estimate of drug-likeness (QED) is 0.849. The van der Waals surface area contributed by atoms with Crippen LogP contribution in [0.5, 0.6) is 5.75 Å². The molecule has 0 heterocycles. The molecule has 5 heteroatoms. The van der Waals surface area contributed by atoms with Crippen LogP contribution in [0.15, 0.2) is 24.3 Å². The standard InChI is InChI=1S/C13H21NO3S/c1-13(14,8-9-18(3,15)16)10-11-4-6-12(17-2)7-5-11/h4-7H,8-10,14H2,1-3H3. The highest BCUT2D eigenvalue weighted by molar-refractivity contribution is 7.90. The van der Waals surface area contributed by atoms with Crippen molar-refractivity contribution in [3.05, 3.63) is 29.8 Å². The van der Waals surface area contributed by atoms with E-state index in [1.165, 1.54) is 6.26 Å². The smallest absolute Gasteiger partial charge is 0.147 e. The summed E-state index contributed by atoms with van der Waals surface area (Å²) < 4.78 is 27.4. The first kappa shape index (κ1) is 15.0. The van der Waals surface area contributed by atoms with Crippen molar-refractivity contribution in [3.63, 3.8) is 0 Å². The van der Waals surface area contributed by atoms with Crippen LogP contribution in [0.1, 0.15) is 18.9 Å². The van der Waals surface area contributed by atoms with Crippen LogP contribution in [0.25, 0.3) is 0 Å². The minimum atomic E-state index is -2.96. The fraction of sp³-hybridized carbons (Fsp3) is 0.538. The fourth-order valence-electron chi connectivity index (χ4n) is 1.72. The van der Waals surface area contributed by atoms with Gasteiger partial charge in [0.05, 0.1) is 12.9 Å². The summed E-state index contributed by atoms with van der Waals surface area (Å²) in [5, 5.41) is 0. The molecule has 0 saturated heterocycles. The van der Waals surface area contributed by atoms with E-state index in [1.54, 1.807) is 7.11 Å². The van der Waals surface area contributed by atoms with E-state index in [0.717, 1.165) is 11.3 Å². The first-order valence-electron chi connectivity index (χ1n) is 5.81. The van der Waals surface area contributed by atoms with Gasteiger partial charge in [0.2, 0.25) is 0 Å². The fourth-order valence-corrected chi connectivity index (χ4v) is 2.55. The van der Waals surface area contributed by atoms with Crippen molar-refractivity contribution >= 4 is 9.84 Å². The molecule has 1 unspecified atom stereocenters. The number of benzene rings is 1. The summed E-state index contributed by atoms with van der Waals surface area (Å²) in [7, 11) is -1.34. The molecule has 0 aliphatic heterocycles. The van der Waals surface area contributed by atoms with Gasteiger partial charge < -0.3 is 10.5 Å². The number of hydrogen-bond acceptors (Lipinski definition) is 4. The zero-order valence-corrected chi connectivity index (χ0v) is 12.0. The Morgan fingerprint density at radius 2 is 1.83 bits per heavy atom. The van der Waals surface area contributed by atoms with E-state index in [9.17, 15) is 8.42 Å². The molecule has 2 N–H and O–H groups in total. The van der Waals surface area contributed by atoms with Crippen molar-refractivity contribution in [2.75, 3.05) is 19.1 Å². The summed E-state index contributed by atoms with van der Waals surface area (Å²) in [6.07, 6.45) is 2.33. The molecule has 18 heavy (non-hydrogen) atoms. The number of methoxy groups -OCH3 is 1. The predicted octanol–water partition coefficient (Wildman–Crippen LogP) is 1.39. The topological polar surface area (TPSA) is 69.4 Å². The van der Waals surface area contributed by atoms with Crippen molar-refractivity contribution < 1.29 is 13.2 Å². The Kier molecular flexibility index (Phi) is 4.76. The highest BCUT2D eigenvalue weighted by atomic mass is 32.2. The largest absolute Gasteiger partial charge is 0.497 e. The Hall–Kier alpha value is -1.07. The van der Waals surface area contributed by atoms with Crippen molar-refractivity contribution in [3.8, 4) is 5.75 Å². The van der Waals surface area contributed by atoms with E-state index in [1.807, 2.05) is 31.2 Å². The normalized spacial score (nSPS) is 15.1. The van der Waals surface area contributed by atoms with Crippen LogP contribution in [0, 0.1) is 0 Å². The molecule has 1 rings (SSSR count). The summed E-state index contributed by atoms with van der Waals surface area (Å²) in [6.45, 7) is 1.88. The maximum Gasteiger partial charge on any atom is 0.147 e. The first-order chi connectivity index (χ1) is 8.22. The first-order valence-corrected chi connectivity index (χ1v) is 7.87. The molecule has 0 aromatic heterocycles. The molecular formula is C13H21NO3S. The van der Waals surface area contributed by atoms with Crippen molar-refractivity contribution in [1.29, 1.82) is 0 Å². The van der Waals surface area contributed by atoms with Gasteiger partial charge in [-0.25, -0.2) is 8.42 Å². The monoisotopic (exact) mass is 271 g/mol. The summed E-state index contributed by atoms with van der Waals surface area (Å²) >= 11 is 0. The number of rotatable bonds is 6. The Bertz CT molecular complexity index is 477. The zero-order chi connectivity index (χ0) is 13.8. The molecule has 1 aromatic carbocycles. The summed E-state index contributed by atoms with van der Waals surface area (Å²) in [5.41, 5.74) is 6.69. The Balaban J connectivity index is 2.63. The Labute approximate surface area is 109 Å². The molecule has 102 valence electrons. The SMILES string of the molecule is COc1ccc(CC(C)(N)CCS(C)(=O)=O)cc1. The summed E-state index contributed by atoms with van der Waals surface area (Å²) in [5.74, 6) is 0.921. The van der Waals surface area contributed by atoms with Crippen molar-refractivity contribution in [2.45, 2.75) is 25.3 Å². The van der Waals surface area contributed by atoms with Crippen LogP contribution in [0.4, 0.5) is 0 Å². The lowest BCUT2D eigenvalue weighted by Gasteiger charge is -2.24. The molecule has 0 aliphatic rings. The number of ether oxygens (including phenoxy) is 1. The molecular weight excluding hydrogens is 250 g/mol. The highest BCUT2D eigenvalue weighted by Gasteiger charge is 2.21. The average Bonchev–Trinajstić information content (AvgIpc) is 2.26. The molecule has 0 radical (unpaired) electrons. The second-order valence-electron chi connectivity index (χ2n) is 5.06. The number of hydrogen-bond donors (Lipinski definition) is 1. The third-order valence-electron chi connectivity index (χ3n) is 2.81. The third-order valence-corrected chi connectivity index (χ3v) is 3.76. The van der Waals surface area contributed by atoms with E-state index < -0.39 is 15.4 Å². The van der Waals surface area contributed by atoms with Crippen molar-refractivity contribution in [2.24, 2.45) is 5.73 Å². The van der Waals surface area contributed by atoms with E-state index in [2.05, 4.69) is 0 Å². The lowest BCUT2D eigenvalue weighted by Crippen LogP contribution is -2.40. The molecule has 0 spiro atoms. The van der Waals surface area contributed by atoms with Crippen molar-refractivity contribution in [1.82, 2.24) is 0 Å². The van der Waals surface area contributed by atoms with E-state index in [-0.39, 0.29) is 5.75 Å². The Morgan fingerprint density at radius 3 is 2.28 bits per heavy atom. The summed E-state index contributed by atoms with van der Waals surface area (Å²) in [4.78, 5) is 0. The zero-order valence-electron chi connectivity index (χ0n) is 11.1. The lowest BCUT2D eigenvalue weighted by atomic mass is 9.91. The van der Waals surface area contributed by atoms with E-state index >= 15 is 0 Å². The second kappa shape index (κ2) is 5.71. The van der Waals surface area contributed by atoms with Gasteiger partial charge in [-0.1, -0.05) is 12.1 Å². The molecule has 0 amide bonds. The minimum absolute atomic E-state index is 0.121. The number of nitrogens with two attached hydrogens (primary N) is 1. The van der Waals surface area contributed by atoms with Crippen LogP contribution >= 0.6 is 0 Å². The van der Waals surface area contributed by atoms with E-state index in [4.69, 9.17) is 10.5 Å². The van der Waals surface area contributed by atoms with Crippen LogP contribution in [-0.2, 0) is 16.3 Å². The van der Waals surface area contributed by atoms with Gasteiger partial charge in [0.1, 0.15) is 15.6 Å². The Morgan fingerprint density at radius 1 is 1.28 bits per heavy atom. The van der Waals surface area contributed by atoms with Gasteiger partial charge in [0.25, 0.3) is 0 Å². The lowest BCUT2D eigenvalue weighted by molar-refractivity contribution is 0.413. The number of sulfone groups is 1. The van der Waals surface area contributed by atoms with Crippen LogP contribution < -0.4 is 10.5 Å². The molecule has 0 aliphatic carbocycles. The molecule has 0 fully saturated rings.